The van der Waals surface area contributed by atoms with E-state index in [1.165, 1.54) is 0 Å². The fourth-order valence-corrected chi connectivity index (χ4v) is 1.50. The summed E-state index contributed by atoms with van der Waals surface area (Å²) in [7, 11) is 0. The van der Waals surface area contributed by atoms with Gasteiger partial charge in [-0.15, -0.1) is 0 Å². The summed E-state index contributed by atoms with van der Waals surface area (Å²) in [5, 5.41) is 16.5. The van der Waals surface area contributed by atoms with Crippen molar-refractivity contribution < 1.29 is 19.5 Å². The molecule has 0 aromatic carbocycles. The summed E-state index contributed by atoms with van der Waals surface area (Å²) in [4.78, 5) is 32.8. The van der Waals surface area contributed by atoms with Crippen molar-refractivity contribution >= 4 is 17.8 Å². The first-order valence-corrected chi connectivity index (χ1v) is 7.12. The highest BCUT2D eigenvalue weighted by molar-refractivity contribution is 5.76. The van der Waals surface area contributed by atoms with Crippen molar-refractivity contribution in [3.05, 3.63) is 12.3 Å². The van der Waals surface area contributed by atoms with Gasteiger partial charge in [0.15, 0.2) is 0 Å². The molecular formula is C14H25N3O4. The Labute approximate surface area is 125 Å². The number of hydrogen-bond acceptors (Lipinski definition) is 4. The first-order valence-electron chi connectivity index (χ1n) is 7.12. The molecule has 0 heterocycles. The van der Waals surface area contributed by atoms with Crippen molar-refractivity contribution in [2.75, 3.05) is 19.6 Å². The van der Waals surface area contributed by atoms with Crippen LogP contribution >= 0.6 is 0 Å². The van der Waals surface area contributed by atoms with E-state index in [1.54, 1.807) is 6.92 Å². The smallest absolute Gasteiger partial charge is 0.322 e. The van der Waals surface area contributed by atoms with Gasteiger partial charge in [-0.1, -0.05) is 19.9 Å². The number of hydrogen-bond donors (Lipinski definition) is 4. The van der Waals surface area contributed by atoms with Crippen LogP contribution in [0.25, 0.3) is 0 Å². The van der Waals surface area contributed by atoms with Crippen LogP contribution < -0.4 is 16.0 Å². The van der Waals surface area contributed by atoms with E-state index < -0.39 is 5.97 Å². The SMILES string of the molecule is C=C(CNC(=O)CCCCCNC(=O)CC)NCC(=O)O. The van der Waals surface area contributed by atoms with Crippen LogP contribution in [0.4, 0.5) is 0 Å². The zero-order valence-corrected chi connectivity index (χ0v) is 12.5. The summed E-state index contributed by atoms with van der Waals surface area (Å²) >= 11 is 0. The topological polar surface area (TPSA) is 108 Å². The number of carbonyl (C=O) groups is 3. The van der Waals surface area contributed by atoms with Gasteiger partial charge in [-0.25, -0.2) is 0 Å². The molecule has 0 aromatic heterocycles. The van der Waals surface area contributed by atoms with E-state index >= 15 is 0 Å². The average Bonchev–Trinajstić information content (AvgIpc) is 2.45. The van der Waals surface area contributed by atoms with E-state index in [-0.39, 0.29) is 24.9 Å². The molecule has 0 saturated heterocycles. The third kappa shape index (κ3) is 12.7. The van der Waals surface area contributed by atoms with Crippen LogP contribution in [0.1, 0.15) is 39.0 Å². The Hall–Kier alpha value is -2.05. The predicted molar refractivity (Wildman–Crippen MR) is 79.6 cm³/mol. The van der Waals surface area contributed by atoms with Gasteiger partial charge in [0.2, 0.25) is 11.8 Å². The van der Waals surface area contributed by atoms with Gasteiger partial charge in [-0.05, 0) is 12.8 Å². The molecule has 7 heteroatoms. The Morgan fingerprint density at radius 2 is 1.67 bits per heavy atom. The molecule has 4 N–H and O–H groups in total. The summed E-state index contributed by atoms with van der Waals surface area (Å²) in [5.41, 5.74) is 0.466. The molecule has 7 nitrogen and oxygen atoms in total. The summed E-state index contributed by atoms with van der Waals surface area (Å²) in [6, 6.07) is 0. The number of unbranched alkanes of at least 4 members (excludes halogenated alkanes) is 2. The third-order valence-corrected chi connectivity index (χ3v) is 2.71. The fraction of sp³-hybridized carbons (Fsp3) is 0.643. The quantitative estimate of drug-likeness (QED) is 0.390. The molecule has 0 atom stereocenters. The number of carbonyl (C=O) groups excluding carboxylic acids is 2. The van der Waals surface area contributed by atoms with Crippen LogP contribution in [-0.2, 0) is 14.4 Å². The summed E-state index contributed by atoms with van der Waals surface area (Å²) < 4.78 is 0. The zero-order valence-electron chi connectivity index (χ0n) is 12.5. The highest BCUT2D eigenvalue weighted by Gasteiger charge is 2.03. The Morgan fingerprint density at radius 3 is 2.29 bits per heavy atom. The largest absolute Gasteiger partial charge is 0.480 e. The van der Waals surface area contributed by atoms with E-state index in [9.17, 15) is 14.4 Å². The highest BCUT2D eigenvalue weighted by atomic mass is 16.4. The van der Waals surface area contributed by atoms with E-state index in [0.29, 0.717) is 25.1 Å². The minimum atomic E-state index is -0.974. The van der Waals surface area contributed by atoms with Gasteiger partial charge >= 0.3 is 5.97 Å². The normalized spacial score (nSPS) is 9.76. The number of rotatable bonds is 12. The standard InChI is InChI=1S/C14H25N3O4/c1-3-12(18)15-8-6-4-5-7-13(19)17-9-11(2)16-10-14(20)21/h16H,2-10H2,1H3,(H,15,18)(H,17,19)(H,20,21). The zero-order chi connectivity index (χ0) is 16.1. The van der Waals surface area contributed by atoms with Crippen LogP contribution in [0.2, 0.25) is 0 Å². The second-order valence-electron chi connectivity index (χ2n) is 4.64. The first kappa shape index (κ1) is 18.9. The molecule has 2 amide bonds. The van der Waals surface area contributed by atoms with Crippen molar-refractivity contribution in [3.63, 3.8) is 0 Å². The minimum Gasteiger partial charge on any atom is -0.480 e. The van der Waals surface area contributed by atoms with E-state index in [4.69, 9.17) is 5.11 Å². The van der Waals surface area contributed by atoms with Crippen LogP contribution in [0, 0.1) is 0 Å². The Kier molecular flexibility index (Phi) is 10.6. The van der Waals surface area contributed by atoms with Crippen molar-refractivity contribution in [2.24, 2.45) is 0 Å². The fourth-order valence-electron chi connectivity index (χ4n) is 1.50. The van der Waals surface area contributed by atoms with Crippen molar-refractivity contribution in [3.8, 4) is 0 Å². The molecule has 0 radical (unpaired) electrons. The maximum atomic E-state index is 11.5. The maximum Gasteiger partial charge on any atom is 0.322 e. The lowest BCUT2D eigenvalue weighted by Crippen LogP contribution is -2.31. The van der Waals surface area contributed by atoms with Gasteiger partial charge in [-0.2, -0.15) is 0 Å². The minimum absolute atomic E-state index is 0.0418. The van der Waals surface area contributed by atoms with Crippen LogP contribution in [0.3, 0.4) is 0 Å². The van der Waals surface area contributed by atoms with Crippen molar-refractivity contribution in [1.82, 2.24) is 16.0 Å². The monoisotopic (exact) mass is 299 g/mol. The van der Waals surface area contributed by atoms with Gasteiger partial charge in [0.05, 0.1) is 6.54 Å². The lowest BCUT2D eigenvalue weighted by molar-refractivity contribution is -0.135. The first-order chi connectivity index (χ1) is 9.95. The number of carboxylic acids is 1. The van der Waals surface area contributed by atoms with Crippen LogP contribution in [0.15, 0.2) is 12.3 Å². The molecule has 0 aliphatic heterocycles. The third-order valence-electron chi connectivity index (χ3n) is 2.71. The average molecular weight is 299 g/mol. The van der Waals surface area contributed by atoms with Gasteiger partial charge in [0, 0.05) is 25.1 Å². The van der Waals surface area contributed by atoms with Crippen LogP contribution in [-0.4, -0.2) is 42.5 Å². The van der Waals surface area contributed by atoms with E-state index in [0.717, 1.165) is 19.3 Å². The molecule has 0 saturated carbocycles. The van der Waals surface area contributed by atoms with Gasteiger partial charge in [-0.3, -0.25) is 14.4 Å². The van der Waals surface area contributed by atoms with E-state index in [1.807, 2.05) is 0 Å². The molecule has 0 unspecified atom stereocenters. The molecule has 0 aromatic rings. The van der Waals surface area contributed by atoms with Gasteiger partial charge < -0.3 is 21.1 Å². The molecule has 0 spiro atoms. The molecule has 21 heavy (non-hydrogen) atoms. The number of nitrogens with one attached hydrogen (secondary N) is 3. The molecule has 0 aliphatic carbocycles. The predicted octanol–water partition coefficient (Wildman–Crippen LogP) is 0.377. The Balaban J connectivity index is 3.48. The molecule has 0 bridgehead atoms. The van der Waals surface area contributed by atoms with Crippen LogP contribution in [0.5, 0.6) is 0 Å². The highest BCUT2D eigenvalue weighted by Crippen LogP contribution is 1.99. The lowest BCUT2D eigenvalue weighted by atomic mass is 10.2. The summed E-state index contributed by atoms with van der Waals surface area (Å²) in [5.74, 6) is -1.02. The van der Waals surface area contributed by atoms with Gasteiger partial charge in [0.1, 0.15) is 6.54 Å². The van der Waals surface area contributed by atoms with Crippen molar-refractivity contribution in [2.45, 2.75) is 39.0 Å². The molecule has 0 aliphatic rings. The number of amides is 2. The molecule has 0 rings (SSSR count). The van der Waals surface area contributed by atoms with E-state index in [2.05, 4.69) is 22.5 Å². The summed E-state index contributed by atoms with van der Waals surface area (Å²) in [6.07, 6.45) is 3.38. The number of carboxylic acid groups (broad SMARTS) is 1. The number of aliphatic carboxylic acids is 1. The molecule has 0 fully saturated rings. The maximum absolute atomic E-state index is 11.5. The Morgan fingerprint density at radius 1 is 0.952 bits per heavy atom. The molecule has 120 valence electrons. The second kappa shape index (κ2) is 11.7. The lowest BCUT2D eigenvalue weighted by Gasteiger charge is -2.09. The van der Waals surface area contributed by atoms with Gasteiger partial charge in [0.25, 0.3) is 0 Å². The summed E-state index contributed by atoms with van der Waals surface area (Å²) in [6.45, 7) is 6.07. The van der Waals surface area contributed by atoms with Crippen molar-refractivity contribution in [1.29, 1.82) is 0 Å². The second-order valence-corrected chi connectivity index (χ2v) is 4.64. The Bertz CT molecular complexity index is 369. The molecular weight excluding hydrogens is 274 g/mol.